The highest BCUT2D eigenvalue weighted by Gasteiger charge is 2.34. The normalized spacial score (nSPS) is 15.9. The third kappa shape index (κ3) is 3.70. The van der Waals surface area contributed by atoms with E-state index in [0.717, 1.165) is 55.0 Å². The van der Waals surface area contributed by atoms with Crippen molar-refractivity contribution < 1.29 is 17.6 Å². The van der Waals surface area contributed by atoms with Gasteiger partial charge in [-0.25, -0.2) is 9.78 Å². The Hall–Kier alpha value is -2.39. The first-order valence-electron chi connectivity index (χ1n) is 8.48. The van der Waals surface area contributed by atoms with Crippen molar-refractivity contribution in [3.05, 3.63) is 45.8 Å². The lowest BCUT2D eigenvalue weighted by Crippen LogP contribution is -2.27. The number of nitrogens with zero attached hydrogens (tertiary/aromatic N) is 2. The van der Waals surface area contributed by atoms with Crippen molar-refractivity contribution >= 4 is 28.0 Å². The van der Waals surface area contributed by atoms with Crippen LogP contribution in [0, 0.1) is 0 Å². The Kier molecular flexibility index (Phi) is 4.65. The van der Waals surface area contributed by atoms with E-state index in [2.05, 4.69) is 15.2 Å². The van der Waals surface area contributed by atoms with Crippen LogP contribution in [0.5, 0.6) is 0 Å². The van der Waals surface area contributed by atoms with Crippen LogP contribution >= 0.6 is 11.3 Å². The molecule has 2 aromatic heterocycles. The first-order chi connectivity index (χ1) is 12.9. The Balaban J connectivity index is 1.71. The van der Waals surface area contributed by atoms with Crippen molar-refractivity contribution in [3.8, 4) is 10.6 Å². The molecule has 3 aromatic rings. The van der Waals surface area contributed by atoms with Crippen LogP contribution in [-0.2, 0) is 6.18 Å². The molecule has 5 nitrogen and oxygen atoms in total. The van der Waals surface area contributed by atoms with E-state index in [1.54, 1.807) is 6.07 Å². The van der Waals surface area contributed by atoms with Crippen LogP contribution in [0.2, 0.25) is 0 Å². The van der Waals surface area contributed by atoms with Gasteiger partial charge in [0.15, 0.2) is 5.69 Å². The highest BCUT2D eigenvalue weighted by atomic mass is 32.1. The second kappa shape index (κ2) is 6.97. The van der Waals surface area contributed by atoms with E-state index in [-0.39, 0.29) is 10.6 Å². The van der Waals surface area contributed by atoms with Crippen LogP contribution in [0.25, 0.3) is 21.5 Å². The summed E-state index contributed by atoms with van der Waals surface area (Å²) in [6, 6.07) is 7.08. The number of thiazole rings is 1. The summed E-state index contributed by atoms with van der Waals surface area (Å²) in [5.41, 5.74) is -0.302. The molecule has 4 rings (SSSR count). The number of anilines is 1. The smallest absolute Gasteiger partial charge is 0.422 e. The number of aromatic nitrogens is 1. The van der Waals surface area contributed by atoms with E-state index >= 15 is 0 Å². The Morgan fingerprint density at radius 2 is 2.04 bits per heavy atom. The van der Waals surface area contributed by atoms with E-state index in [1.165, 1.54) is 6.07 Å². The predicted molar refractivity (Wildman–Crippen MR) is 98.3 cm³/mol. The molecule has 9 heteroatoms. The molecule has 0 bridgehead atoms. The second-order valence-corrected chi connectivity index (χ2v) is 7.15. The molecule has 0 unspecified atom stereocenters. The summed E-state index contributed by atoms with van der Waals surface area (Å²) in [5, 5.41) is 4.87. The maximum absolute atomic E-state index is 12.8. The van der Waals surface area contributed by atoms with Gasteiger partial charge in [-0.1, -0.05) is 0 Å². The fourth-order valence-corrected chi connectivity index (χ4v) is 3.91. The van der Waals surface area contributed by atoms with E-state index in [1.807, 2.05) is 12.1 Å². The van der Waals surface area contributed by atoms with Gasteiger partial charge in [-0.05, 0) is 31.2 Å². The molecule has 0 saturated carbocycles. The minimum Gasteiger partial charge on any atom is -0.422 e. The molecule has 142 valence electrons. The van der Waals surface area contributed by atoms with Gasteiger partial charge >= 0.3 is 11.8 Å². The number of hydrogen-bond acceptors (Lipinski definition) is 6. The van der Waals surface area contributed by atoms with E-state index in [9.17, 15) is 18.0 Å². The van der Waals surface area contributed by atoms with E-state index in [4.69, 9.17) is 4.42 Å². The molecule has 1 saturated heterocycles. The third-order valence-corrected chi connectivity index (χ3v) is 5.33. The highest BCUT2D eigenvalue weighted by Crippen LogP contribution is 2.33. The minimum atomic E-state index is -4.54. The average molecular weight is 395 g/mol. The van der Waals surface area contributed by atoms with Crippen LogP contribution in [0.4, 0.5) is 18.9 Å². The summed E-state index contributed by atoms with van der Waals surface area (Å²) in [5.74, 6) is 0. The van der Waals surface area contributed by atoms with E-state index < -0.39 is 17.5 Å². The number of nitrogens with one attached hydrogen (secondary N) is 1. The molecule has 1 fully saturated rings. The topological polar surface area (TPSA) is 58.4 Å². The van der Waals surface area contributed by atoms with Gasteiger partial charge in [0.1, 0.15) is 10.6 Å². The maximum Gasteiger partial charge on any atom is 0.434 e. The molecule has 1 aromatic carbocycles. The highest BCUT2D eigenvalue weighted by molar-refractivity contribution is 7.13. The second-order valence-electron chi connectivity index (χ2n) is 6.30. The van der Waals surface area contributed by atoms with Crippen molar-refractivity contribution in [3.63, 3.8) is 0 Å². The number of alkyl halides is 3. The van der Waals surface area contributed by atoms with Gasteiger partial charge in [0, 0.05) is 42.2 Å². The molecule has 3 heterocycles. The van der Waals surface area contributed by atoms with Crippen molar-refractivity contribution in [2.75, 3.05) is 31.1 Å². The van der Waals surface area contributed by atoms with E-state index in [0.29, 0.717) is 11.0 Å². The predicted octanol–water partition coefficient (Wildman–Crippen LogP) is 3.74. The SMILES string of the molecule is O=c1oc2cc(N3CCCNCC3)ccc2cc1-c1nc(C(F)(F)F)cs1. The molecule has 1 N–H and O–H groups in total. The first kappa shape index (κ1) is 18.0. The van der Waals surface area contributed by atoms with Gasteiger partial charge in [-0.15, -0.1) is 11.3 Å². The molecule has 1 aliphatic heterocycles. The Labute approximate surface area is 156 Å². The molecular formula is C18H16F3N3O2S. The van der Waals surface area contributed by atoms with Crippen molar-refractivity contribution in [1.82, 2.24) is 10.3 Å². The molecule has 0 amide bonds. The van der Waals surface area contributed by atoms with Crippen molar-refractivity contribution in [2.24, 2.45) is 0 Å². The van der Waals surface area contributed by atoms with Crippen molar-refractivity contribution in [1.29, 1.82) is 0 Å². The van der Waals surface area contributed by atoms with Crippen LogP contribution in [0.3, 0.4) is 0 Å². The lowest BCUT2D eigenvalue weighted by Gasteiger charge is -2.22. The summed E-state index contributed by atoms with van der Waals surface area (Å²) >= 11 is 0.774. The number of rotatable bonds is 2. The molecule has 0 aliphatic carbocycles. The van der Waals surface area contributed by atoms with Gasteiger partial charge in [0.2, 0.25) is 0 Å². The lowest BCUT2D eigenvalue weighted by molar-refractivity contribution is -0.140. The number of halogens is 3. The Morgan fingerprint density at radius 1 is 1.19 bits per heavy atom. The fraction of sp³-hybridized carbons (Fsp3) is 0.333. The van der Waals surface area contributed by atoms with Crippen LogP contribution in [0.1, 0.15) is 12.1 Å². The zero-order chi connectivity index (χ0) is 19.0. The number of hydrogen-bond donors (Lipinski definition) is 1. The monoisotopic (exact) mass is 395 g/mol. The quantitative estimate of drug-likeness (QED) is 0.670. The number of benzene rings is 1. The largest absolute Gasteiger partial charge is 0.434 e. The zero-order valence-corrected chi connectivity index (χ0v) is 15.0. The van der Waals surface area contributed by atoms with Crippen LogP contribution < -0.4 is 15.8 Å². The molecule has 27 heavy (non-hydrogen) atoms. The van der Waals surface area contributed by atoms with Crippen molar-refractivity contribution in [2.45, 2.75) is 12.6 Å². The molecule has 0 radical (unpaired) electrons. The standard InChI is InChI=1S/C18H16F3N3O2S/c19-18(20,21)15-10-27-16(23-15)13-8-11-2-3-12(9-14(11)26-17(13)25)24-6-1-4-22-5-7-24/h2-3,8-10,22H,1,4-7H2. The average Bonchev–Trinajstić information content (AvgIpc) is 2.97. The number of fused-ring (bicyclic) bond motifs is 1. The van der Waals surface area contributed by atoms with Gasteiger partial charge in [-0.2, -0.15) is 13.2 Å². The van der Waals surface area contributed by atoms with Gasteiger partial charge in [0.05, 0.1) is 5.56 Å². The summed E-state index contributed by atoms with van der Waals surface area (Å²) in [6.45, 7) is 3.61. The molecule has 0 atom stereocenters. The lowest BCUT2D eigenvalue weighted by atomic mass is 10.1. The zero-order valence-electron chi connectivity index (χ0n) is 14.2. The van der Waals surface area contributed by atoms with Gasteiger partial charge in [0.25, 0.3) is 0 Å². The summed E-state index contributed by atoms with van der Waals surface area (Å²) < 4.78 is 43.7. The Bertz CT molecular complexity index is 1020. The van der Waals surface area contributed by atoms with Gasteiger partial charge in [-0.3, -0.25) is 0 Å². The fourth-order valence-electron chi connectivity index (χ4n) is 3.08. The third-order valence-electron chi connectivity index (χ3n) is 4.45. The van der Waals surface area contributed by atoms with Gasteiger partial charge < -0.3 is 14.6 Å². The summed E-state index contributed by atoms with van der Waals surface area (Å²) in [4.78, 5) is 18.1. The summed E-state index contributed by atoms with van der Waals surface area (Å²) in [7, 11) is 0. The molecule has 1 aliphatic rings. The summed E-state index contributed by atoms with van der Waals surface area (Å²) in [6.07, 6.45) is -3.52. The minimum absolute atomic E-state index is 0.000596. The molecular weight excluding hydrogens is 379 g/mol. The molecule has 0 spiro atoms. The first-order valence-corrected chi connectivity index (χ1v) is 9.36. The van der Waals surface area contributed by atoms with Crippen LogP contribution in [-0.4, -0.2) is 31.2 Å². The van der Waals surface area contributed by atoms with Crippen LogP contribution in [0.15, 0.2) is 38.9 Å². The Morgan fingerprint density at radius 3 is 2.81 bits per heavy atom. The maximum atomic E-state index is 12.8.